The molecule has 0 aromatic heterocycles. The topological polar surface area (TPSA) is 53.1 Å². The maximum atomic E-state index is 12.7. The fourth-order valence-corrected chi connectivity index (χ4v) is 4.65. The zero-order chi connectivity index (χ0) is 18.0. The second-order valence-corrected chi connectivity index (χ2v) is 8.40. The Hall–Kier alpha value is -1.14. The van der Waals surface area contributed by atoms with Crippen molar-refractivity contribution in [1.29, 1.82) is 0 Å². The molecule has 0 aromatic carbocycles. The average Bonchev–Trinajstić information content (AvgIpc) is 2.69. The van der Waals surface area contributed by atoms with E-state index in [1.165, 1.54) is 0 Å². The van der Waals surface area contributed by atoms with Gasteiger partial charge in [0.15, 0.2) is 0 Å². The van der Waals surface area contributed by atoms with E-state index in [4.69, 9.17) is 4.74 Å². The number of amides is 2. The number of nitrogens with zero attached hydrogens (tertiary/aromatic N) is 3. The number of morpholine rings is 1. The van der Waals surface area contributed by atoms with Crippen LogP contribution < -0.4 is 0 Å². The summed E-state index contributed by atoms with van der Waals surface area (Å²) < 4.78 is 5.75. The number of carbonyl (C=O) groups is 2. The summed E-state index contributed by atoms with van der Waals surface area (Å²) in [5.74, 6) is 0.518. The molecule has 142 valence electrons. The Kier molecular flexibility index (Phi) is 5.68. The first-order valence-corrected chi connectivity index (χ1v) is 9.76. The quantitative estimate of drug-likeness (QED) is 0.754. The first-order valence-electron chi connectivity index (χ1n) is 9.76. The van der Waals surface area contributed by atoms with Crippen LogP contribution in [0.15, 0.2) is 0 Å². The van der Waals surface area contributed by atoms with E-state index in [0.29, 0.717) is 13.0 Å². The van der Waals surface area contributed by atoms with E-state index in [2.05, 4.69) is 18.7 Å². The normalized spacial score (nSPS) is 31.2. The minimum atomic E-state index is 0.196. The van der Waals surface area contributed by atoms with Crippen LogP contribution in [0.25, 0.3) is 0 Å². The second kappa shape index (κ2) is 7.62. The molecule has 3 aliphatic rings. The Balaban J connectivity index is 1.50. The Morgan fingerprint density at radius 2 is 1.68 bits per heavy atom. The molecule has 0 unspecified atom stereocenters. The highest BCUT2D eigenvalue weighted by Gasteiger charge is 2.38. The van der Waals surface area contributed by atoms with Gasteiger partial charge in [0.25, 0.3) is 0 Å². The lowest BCUT2D eigenvalue weighted by molar-refractivity contribution is -0.138. The molecule has 1 spiro atoms. The molecule has 3 rings (SSSR count). The largest absolute Gasteiger partial charge is 0.373 e. The molecule has 0 N–H and O–H groups in total. The van der Waals surface area contributed by atoms with Gasteiger partial charge in [-0.3, -0.25) is 14.5 Å². The molecule has 3 heterocycles. The van der Waals surface area contributed by atoms with Gasteiger partial charge < -0.3 is 14.5 Å². The van der Waals surface area contributed by atoms with Gasteiger partial charge in [-0.05, 0) is 44.9 Å². The number of ether oxygens (including phenoxy) is 1. The third-order valence-electron chi connectivity index (χ3n) is 6.30. The van der Waals surface area contributed by atoms with Gasteiger partial charge in [-0.25, -0.2) is 0 Å². The van der Waals surface area contributed by atoms with E-state index < -0.39 is 0 Å². The van der Waals surface area contributed by atoms with Crippen LogP contribution in [-0.2, 0) is 14.3 Å². The van der Waals surface area contributed by atoms with Gasteiger partial charge in [0.1, 0.15) is 0 Å². The van der Waals surface area contributed by atoms with Gasteiger partial charge in [0.05, 0.1) is 18.8 Å². The third-order valence-corrected chi connectivity index (χ3v) is 6.30. The van der Waals surface area contributed by atoms with Crippen LogP contribution in [0.2, 0.25) is 0 Å². The van der Waals surface area contributed by atoms with E-state index in [0.717, 1.165) is 58.4 Å². The molecule has 3 saturated heterocycles. The highest BCUT2D eigenvalue weighted by molar-refractivity contribution is 5.78. The average molecular weight is 351 g/mol. The summed E-state index contributed by atoms with van der Waals surface area (Å²) in [6.07, 6.45) is 5.19. The van der Waals surface area contributed by atoms with Crippen molar-refractivity contribution in [3.8, 4) is 0 Å². The summed E-state index contributed by atoms with van der Waals surface area (Å²) in [4.78, 5) is 30.8. The van der Waals surface area contributed by atoms with Crippen molar-refractivity contribution in [2.24, 2.45) is 5.41 Å². The summed E-state index contributed by atoms with van der Waals surface area (Å²) in [5.41, 5.74) is 0.263. The molecule has 0 bridgehead atoms. The molecule has 2 amide bonds. The first kappa shape index (κ1) is 18.6. The van der Waals surface area contributed by atoms with Crippen LogP contribution in [-0.4, -0.2) is 85.0 Å². The van der Waals surface area contributed by atoms with Gasteiger partial charge in [-0.1, -0.05) is 0 Å². The minimum absolute atomic E-state index is 0.196. The van der Waals surface area contributed by atoms with Crippen molar-refractivity contribution in [1.82, 2.24) is 14.7 Å². The number of rotatable bonds is 2. The fraction of sp³-hybridized carbons (Fsp3) is 0.895. The molecule has 3 aliphatic heterocycles. The predicted octanol–water partition coefficient (Wildman–Crippen LogP) is 1.35. The fourth-order valence-electron chi connectivity index (χ4n) is 4.65. The van der Waals surface area contributed by atoms with Crippen LogP contribution in [0.5, 0.6) is 0 Å². The van der Waals surface area contributed by atoms with Crippen molar-refractivity contribution < 1.29 is 14.3 Å². The highest BCUT2D eigenvalue weighted by atomic mass is 16.5. The zero-order valence-corrected chi connectivity index (χ0v) is 16.0. The summed E-state index contributed by atoms with van der Waals surface area (Å²) in [5, 5.41) is 0. The number of hydrogen-bond acceptors (Lipinski definition) is 4. The number of hydrogen-bond donors (Lipinski definition) is 0. The van der Waals surface area contributed by atoms with E-state index in [1.54, 1.807) is 0 Å². The van der Waals surface area contributed by atoms with Crippen molar-refractivity contribution in [3.63, 3.8) is 0 Å². The number of piperidine rings is 1. The molecule has 0 aromatic rings. The third kappa shape index (κ3) is 4.53. The van der Waals surface area contributed by atoms with Crippen LogP contribution in [0.1, 0.15) is 46.0 Å². The lowest BCUT2D eigenvalue weighted by Gasteiger charge is -2.42. The van der Waals surface area contributed by atoms with Gasteiger partial charge in [0.2, 0.25) is 11.8 Å². The molecule has 0 aliphatic carbocycles. The molecular weight excluding hydrogens is 318 g/mol. The predicted molar refractivity (Wildman–Crippen MR) is 96.2 cm³/mol. The van der Waals surface area contributed by atoms with E-state index in [-0.39, 0.29) is 29.4 Å². The molecule has 0 saturated carbocycles. The lowest BCUT2D eigenvalue weighted by atomic mass is 9.73. The van der Waals surface area contributed by atoms with Crippen LogP contribution >= 0.6 is 0 Å². The first-order chi connectivity index (χ1) is 11.9. The van der Waals surface area contributed by atoms with Crippen LogP contribution in [0, 0.1) is 5.41 Å². The molecule has 25 heavy (non-hydrogen) atoms. The molecule has 0 radical (unpaired) electrons. The maximum absolute atomic E-state index is 12.7. The van der Waals surface area contributed by atoms with Crippen molar-refractivity contribution in [2.75, 3.05) is 46.3 Å². The van der Waals surface area contributed by atoms with E-state index >= 15 is 0 Å². The van der Waals surface area contributed by atoms with Crippen molar-refractivity contribution in [2.45, 2.75) is 58.2 Å². The Labute approximate surface area is 151 Å². The van der Waals surface area contributed by atoms with Gasteiger partial charge in [-0.2, -0.15) is 0 Å². The molecule has 2 atom stereocenters. The van der Waals surface area contributed by atoms with Gasteiger partial charge in [0, 0.05) is 46.2 Å². The highest BCUT2D eigenvalue weighted by Crippen LogP contribution is 2.41. The monoisotopic (exact) mass is 351 g/mol. The van der Waals surface area contributed by atoms with Gasteiger partial charge >= 0.3 is 0 Å². The van der Waals surface area contributed by atoms with Crippen molar-refractivity contribution in [3.05, 3.63) is 0 Å². The standard InChI is InChI=1S/C19H33N3O3/c1-15-12-21(13-16(2)25-15)14-18(24)22-10-7-19(8-11-22)5-4-17(23)20(3)9-6-19/h15-16H,4-14H2,1-3H3/t15-,16+. The Morgan fingerprint density at radius 1 is 1.08 bits per heavy atom. The number of likely N-dealkylation sites (tertiary alicyclic amines) is 2. The molecular formula is C19H33N3O3. The number of carbonyl (C=O) groups excluding carboxylic acids is 2. The summed E-state index contributed by atoms with van der Waals surface area (Å²) in [7, 11) is 1.91. The van der Waals surface area contributed by atoms with E-state index in [9.17, 15) is 9.59 Å². The molecule has 6 nitrogen and oxygen atoms in total. The zero-order valence-electron chi connectivity index (χ0n) is 16.0. The molecule has 6 heteroatoms. The SMILES string of the molecule is C[C@@H]1CN(CC(=O)N2CCC3(CCC(=O)N(C)CC3)CC2)C[C@H](C)O1. The van der Waals surface area contributed by atoms with Crippen LogP contribution in [0.4, 0.5) is 0 Å². The Morgan fingerprint density at radius 3 is 2.32 bits per heavy atom. The smallest absolute Gasteiger partial charge is 0.236 e. The van der Waals surface area contributed by atoms with Crippen LogP contribution in [0.3, 0.4) is 0 Å². The van der Waals surface area contributed by atoms with E-state index in [1.807, 2.05) is 16.8 Å². The summed E-state index contributed by atoms with van der Waals surface area (Å²) in [6, 6.07) is 0. The minimum Gasteiger partial charge on any atom is -0.373 e. The van der Waals surface area contributed by atoms with Gasteiger partial charge in [-0.15, -0.1) is 0 Å². The lowest BCUT2D eigenvalue weighted by Crippen LogP contribution is -2.51. The van der Waals surface area contributed by atoms with Crippen molar-refractivity contribution >= 4 is 11.8 Å². The second-order valence-electron chi connectivity index (χ2n) is 8.40. The maximum Gasteiger partial charge on any atom is 0.236 e. The summed E-state index contributed by atoms with van der Waals surface area (Å²) >= 11 is 0. The Bertz CT molecular complexity index is 492. The summed E-state index contributed by atoms with van der Waals surface area (Å²) in [6.45, 7) is 8.86. The molecule has 3 fully saturated rings.